The van der Waals surface area contributed by atoms with Crippen molar-refractivity contribution in [3.8, 4) is 5.75 Å². The van der Waals surface area contributed by atoms with E-state index in [4.69, 9.17) is 27.9 Å². The predicted molar refractivity (Wildman–Crippen MR) is 155 cm³/mol. The summed E-state index contributed by atoms with van der Waals surface area (Å²) in [4.78, 5) is 28.8. The molecule has 3 aromatic rings. The van der Waals surface area contributed by atoms with Crippen LogP contribution in [0, 0.1) is 6.92 Å². The maximum atomic E-state index is 13.7. The minimum Gasteiger partial charge on any atom is -0.494 e. The van der Waals surface area contributed by atoms with Crippen LogP contribution in [-0.4, -0.2) is 35.9 Å². The van der Waals surface area contributed by atoms with E-state index >= 15 is 0 Å². The Balaban J connectivity index is 1.80. The molecule has 0 radical (unpaired) electrons. The third kappa shape index (κ3) is 9.38. The van der Waals surface area contributed by atoms with Crippen molar-refractivity contribution in [1.29, 1.82) is 0 Å². The molecule has 0 heterocycles. The molecule has 0 bridgehead atoms. The monoisotopic (exact) mass is 554 g/mol. The van der Waals surface area contributed by atoms with Gasteiger partial charge in [-0.1, -0.05) is 90.6 Å². The van der Waals surface area contributed by atoms with Gasteiger partial charge in [-0.15, -0.1) is 0 Å². The number of aryl methyl sites for hydroxylation is 1. The molecule has 1 N–H and O–H groups in total. The number of carbonyl (C=O) groups is 2. The number of hydrogen-bond donors (Lipinski definition) is 1. The number of amides is 2. The van der Waals surface area contributed by atoms with Crippen molar-refractivity contribution in [2.45, 2.75) is 58.5 Å². The number of hydrogen-bond acceptors (Lipinski definition) is 3. The normalized spacial score (nSPS) is 11.6. The van der Waals surface area contributed by atoms with Crippen molar-refractivity contribution in [1.82, 2.24) is 10.2 Å². The largest absolute Gasteiger partial charge is 0.494 e. The van der Waals surface area contributed by atoms with Crippen molar-refractivity contribution >= 4 is 35.0 Å². The van der Waals surface area contributed by atoms with Crippen LogP contribution in [-0.2, 0) is 22.6 Å². The fraction of sp³-hybridized carbons (Fsp3) is 0.355. The molecule has 7 heteroatoms. The summed E-state index contributed by atoms with van der Waals surface area (Å²) in [6.07, 6.45) is 3.00. The molecule has 0 aliphatic heterocycles. The van der Waals surface area contributed by atoms with Gasteiger partial charge in [0.1, 0.15) is 11.8 Å². The molecular weight excluding hydrogens is 519 g/mol. The van der Waals surface area contributed by atoms with E-state index in [1.807, 2.05) is 61.5 Å². The third-order valence-corrected chi connectivity index (χ3v) is 6.87. The number of halogens is 2. The lowest BCUT2D eigenvalue weighted by molar-refractivity contribution is -0.141. The van der Waals surface area contributed by atoms with Gasteiger partial charge in [0.05, 0.1) is 6.61 Å². The molecular formula is C31H36Cl2N2O3. The number of benzene rings is 3. The lowest BCUT2D eigenvalue weighted by atomic mass is 10.0. The van der Waals surface area contributed by atoms with E-state index in [9.17, 15) is 9.59 Å². The lowest BCUT2D eigenvalue weighted by Crippen LogP contribution is -2.50. The van der Waals surface area contributed by atoms with Gasteiger partial charge in [-0.3, -0.25) is 9.59 Å². The highest BCUT2D eigenvalue weighted by atomic mass is 35.5. The summed E-state index contributed by atoms with van der Waals surface area (Å²) in [5.41, 5.74) is 2.87. The average molecular weight is 556 g/mol. The molecule has 0 spiro atoms. The van der Waals surface area contributed by atoms with Crippen molar-refractivity contribution in [2.24, 2.45) is 0 Å². The first kappa shape index (κ1) is 29.5. The molecule has 1 unspecified atom stereocenters. The number of nitrogens with zero attached hydrogens (tertiary/aromatic N) is 1. The Labute approximate surface area is 236 Å². The fourth-order valence-electron chi connectivity index (χ4n) is 4.09. The van der Waals surface area contributed by atoms with Crippen LogP contribution < -0.4 is 10.1 Å². The van der Waals surface area contributed by atoms with Crippen LogP contribution in [0.2, 0.25) is 10.0 Å². The van der Waals surface area contributed by atoms with Crippen LogP contribution in [0.5, 0.6) is 5.75 Å². The van der Waals surface area contributed by atoms with Gasteiger partial charge >= 0.3 is 0 Å². The maximum absolute atomic E-state index is 13.7. The van der Waals surface area contributed by atoms with Crippen LogP contribution in [0.1, 0.15) is 49.3 Å². The summed E-state index contributed by atoms with van der Waals surface area (Å²) in [5, 5.41) is 4.01. The topological polar surface area (TPSA) is 58.6 Å². The third-order valence-electron chi connectivity index (χ3n) is 6.28. The van der Waals surface area contributed by atoms with E-state index in [0.717, 1.165) is 35.3 Å². The Kier molecular flexibility index (Phi) is 12.0. The Morgan fingerprint density at radius 2 is 1.71 bits per heavy atom. The van der Waals surface area contributed by atoms with Gasteiger partial charge in [-0.05, 0) is 55.2 Å². The highest BCUT2D eigenvalue weighted by molar-refractivity contribution is 6.35. The predicted octanol–water partition coefficient (Wildman–Crippen LogP) is 7.02. The molecule has 3 rings (SSSR count). The van der Waals surface area contributed by atoms with Gasteiger partial charge in [0.25, 0.3) is 0 Å². The Bertz CT molecular complexity index is 1170. The average Bonchev–Trinajstić information content (AvgIpc) is 2.91. The lowest BCUT2D eigenvalue weighted by Gasteiger charge is -2.32. The number of rotatable bonds is 14. The summed E-state index contributed by atoms with van der Waals surface area (Å²) >= 11 is 12.6. The quantitative estimate of drug-likeness (QED) is 0.218. The molecule has 202 valence electrons. The van der Waals surface area contributed by atoms with Crippen LogP contribution in [0.15, 0.2) is 72.8 Å². The van der Waals surface area contributed by atoms with E-state index in [2.05, 4.69) is 12.2 Å². The first-order valence-corrected chi connectivity index (χ1v) is 13.9. The summed E-state index contributed by atoms with van der Waals surface area (Å²) in [6.45, 7) is 5.26. The second-order valence-electron chi connectivity index (χ2n) is 9.37. The van der Waals surface area contributed by atoms with Crippen molar-refractivity contribution in [3.05, 3.63) is 99.5 Å². The SMILES string of the molecule is CCCCNC(=O)C(Cc1ccccc1)N(Cc1ccc(Cl)cc1Cl)C(=O)CCCOc1ccc(C)cc1. The van der Waals surface area contributed by atoms with Crippen molar-refractivity contribution in [3.63, 3.8) is 0 Å². The van der Waals surface area contributed by atoms with Gasteiger partial charge in [-0.25, -0.2) is 0 Å². The van der Waals surface area contributed by atoms with E-state index < -0.39 is 6.04 Å². The molecule has 0 aliphatic rings. The van der Waals surface area contributed by atoms with E-state index in [-0.39, 0.29) is 24.8 Å². The molecule has 0 saturated carbocycles. The Hall–Kier alpha value is -3.02. The first-order valence-electron chi connectivity index (χ1n) is 13.1. The van der Waals surface area contributed by atoms with Crippen LogP contribution in [0.4, 0.5) is 0 Å². The Morgan fingerprint density at radius 3 is 2.39 bits per heavy atom. The van der Waals surface area contributed by atoms with Crippen LogP contribution >= 0.6 is 23.2 Å². The molecule has 0 aliphatic carbocycles. The molecule has 0 fully saturated rings. The zero-order chi connectivity index (χ0) is 27.3. The smallest absolute Gasteiger partial charge is 0.243 e. The van der Waals surface area contributed by atoms with Crippen LogP contribution in [0.3, 0.4) is 0 Å². The highest BCUT2D eigenvalue weighted by Gasteiger charge is 2.30. The second kappa shape index (κ2) is 15.4. The van der Waals surface area contributed by atoms with Crippen molar-refractivity contribution < 1.29 is 14.3 Å². The molecule has 3 aromatic carbocycles. The summed E-state index contributed by atoms with van der Waals surface area (Å²) in [5.74, 6) is 0.469. The molecule has 0 saturated heterocycles. The molecule has 2 amide bonds. The number of ether oxygens (including phenoxy) is 1. The minimum absolute atomic E-state index is 0.130. The second-order valence-corrected chi connectivity index (χ2v) is 10.2. The molecule has 1 atom stereocenters. The van der Waals surface area contributed by atoms with Crippen LogP contribution in [0.25, 0.3) is 0 Å². The van der Waals surface area contributed by atoms with E-state index in [1.165, 1.54) is 0 Å². The number of nitrogens with one attached hydrogen (secondary N) is 1. The van der Waals surface area contributed by atoms with Gasteiger partial charge < -0.3 is 15.0 Å². The maximum Gasteiger partial charge on any atom is 0.243 e. The first-order chi connectivity index (χ1) is 18.4. The highest BCUT2D eigenvalue weighted by Crippen LogP contribution is 2.24. The summed E-state index contributed by atoms with van der Waals surface area (Å²) in [7, 11) is 0. The van der Waals surface area contributed by atoms with Gasteiger partial charge in [-0.2, -0.15) is 0 Å². The molecule has 5 nitrogen and oxygen atoms in total. The zero-order valence-electron chi connectivity index (χ0n) is 22.1. The zero-order valence-corrected chi connectivity index (χ0v) is 23.6. The van der Waals surface area contributed by atoms with Crippen molar-refractivity contribution in [2.75, 3.05) is 13.2 Å². The van der Waals surface area contributed by atoms with E-state index in [1.54, 1.807) is 23.1 Å². The van der Waals surface area contributed by atoms with E-state index in [0.29, 0.717) is 36.0 Å². The summed E-state index contributed by atoms with van der Waals surface area (Å²) < 4.78 is 5.82. The number of carbonyl (C=O) groups excluding carboxylic acids is 2. The summed E-state index contributed by atoms with van der Waals surface area (Å²) in [6, 6.07) is 22.1. The minimum atomic E-state index is -0.688. The molecule has 0 aromatic heterocycles. The van der Waals surface area contributed by atoms with Gasteiger partial charge in [0.15, 0.2) is 0 Å². The number of unbranched alkanes of at least 4 members (excludes halogenated alkanes) is 1. The Morgan fingerprint density at radius 1 is 0.974 bits per heavy atom. The van der Waals surface area contributed by atoms with Gasteiger partial charge in [0, 0.05) is 36.0 Å². The standard InChI is InChI=1S/C31H36Cl2N2O3/c1-3-4-18-34-31(37)29(20-24-9-6-5-7-10-24)35(22-25-14-15-26(32)21-28(25)33)30(36)11-8-19-38-27-16-12-23(2)13-17-27/h5-7,9-10,12-17,21,29H,3-4,8,11,18-20,22H2,1-2H3,(H,34,37). The fourth-order valence-corrected chi connectivity index (χ4v) is 4.55. The van der Waals surface area contributed by atoms with Gasteiger partial charge in [0.2, 0.25) is 11.8 Å². The molecule has 38 heavy (non-hydrogen) atoms.